The highest BCUT2D eigenvalue weighted by Gasteiger charge is 2.30. The number of amides is 2. The van der Waals surface area contributed by atoms with E-state index in [-0.39, 0.29) is 18.2 Å². The molecule has 9 heteroatoms. The Kier molecular flexibility index (Phi) is 6.12. The largest absolute Gasteiger partial charge is 0.451 e. The maximum absolute atomic E-state index is 12.2. The van der Waals surface area contributed by atoms with Gasteiger partial charge in [-0.15, -0.1) is 0 Å². The number of para-hydroxylation sites is 1. The summed E-state index contributed by atoms with van der Waals surface area (Å²) in [5, 5.41) is 5.68. The van der Waals surface area contributed by atoms with E-state index in [1.54, 1.807) is 38.1 Å². The molecule has 2 amide bonds. The van der Waals surface area contributed by atoms with E-state index in [0.717, 1.165) is 5.39 Å². The van der Waals surface area contributed by atoms with E-state index in [1.165, 1.54) is 0 Å². The molecule has 142 valence electrons. The number of furan rings is 1. The van der Waals surface area contributed by atoms with Crippen LogP contribution in [0.3, 0.4) is 0 Å². The molecule has 1 heterocycles. The third kappa shape index (κ3) is 5.68. The summed E-state index contributed by atoms with van der Waals surface area (Å²) in [5.74, 6) is -0.532. The average Bonchev–Trinajstić information content (AvgIpc) is 2.99. The number of alkyl halides is 3. The van der Waals surface area contributed by atoms with E-state index < -0.39 is 30.8 Å². The molecular weight excluding hydrogens is 353 g/mol. The number of ether oxygens (including phenoxy) is 1. The number of fused-ring (bicyclic) bond motifs is 1. The Morgan fingerprint density at radius 2 is 1.92 bits per heavy atom. The molecule has 1 aromatic carbocycles. The van der Waals surface area contributed by atoms with Crippen molar-refractivity contribution in [3.05, 3.63) is 36.1 Å². The van der Waals surface area contributed by atoms with Crippen LogP contribution in [0.5, 0.6) is 0 Å². The first-order valence-electron chi connectivity index (χ1n) is 7.92. The summed E-state index contributed by atoms with van der Waals surface area (Å²) in [4.78, 5) is 23.7. The first-order chi connectivity index (χ1) is 12.2. The summed E-state index contributed by atoms with van der Waals surface area (Å²) in [5.41, 5.74) is 0.562. The van der Waals surface area contributed by atoms with Crippen molar-refractivity contribution in [2.75, 3.05) is 13.2 Å². The maximum atomic E-state index is 12.2. The lowest BCUT2D eigenvalue weighted by molar-refractivity contribution is -0.160. The molecule has 26 heavy (non-hydrogen) atoms. The number of alkyl carbamates (subject to hydrolysis) is 1. The van der Waals surface area contributed by atoms with Crippen molar-refractivity contribution in [1.29, 1.82) is 0 Å². The quantitative estimate of drug-likeness (QED) is 0.814. The number of carbonyl (C=O) groups excluding carboxylic acids is 2. The van der Waals surface area contributed by atoms with E-state index in [0.29, 0.717) is 5.58 Å². The van der Waals surface area contributed by atoms with Crippen LogP contribution in [-0.2, 0) is 4.74 Å². The molecule has 0 saturated heterocycles. The molecule has 0 radical (unpaired) electrons. The van der Waals surface area contributed by atoms with E-state index in [2.05, 4.69) is 15.4 Å². The molecule has 0 saturated carbocycles. The highest BCUT2D eigenvalue weighted by molar-refractivity contribution is 5.96. The van der Waals surface area contributed by atoms with Gasteiger partial charge in [-0.2, -0.15) is 13.2 Å². The maximum Gasteiger partial charge on any atom is 0.422 e. The molecule has 0 aliphatic heterocycles. The van der Waals surface area contributed by atoms with Gasteiger partial charge in [-0.05, 0) is 18.1 Å². The summed E-state index contributed by atoms with van der Waals surface area (Å²) < 4.78 is 45.7. The van der Waals surface area contributed by atoms with Gasteiger partial charge in [-0.1, -0.05) is 32.0 Å². The molecule has 2 aromatic rings. The van der Waals surface area contributed by atoms with Gasteiger partial charge in [0.2, 0.25) is 0 Å². The lowest BCUT2D eigenvalue weighted by Crippen LogP contribution is -2.47. The number of benzene rings is 1. The highest BCUT2D eigenvalue weighted by Crippen LogP contribution is 2.18. The van der Waals surface area contributed by atoms with Crippen molar-refractivity contribution < 1.29 is 31.9 Å². The van der Waals surface area contributed by atoms with E-state index in [1.807, 2.05) is 6.07 Å². The van der Waals surface area contributed by atoms with Gasteiger partial charge in [-0.3, -0.25) is 4.79 Å². The van der Waals surface area contributed by atoms with Crippen LogP contribution in [0.1, 0.15) is 24.4 Å². The molecule has 6 nitrogen and oxygen atoms in total. The first kappa shape index (κ1) is 19.6. The molecule has 0 unspecified atom stereocenters. The van der Waals surface area contributed by atoms with Crippen molar-refractivity contribution >= 4 is 23.0 Å². The zero-order valence-corrected chi connectivity index (χ0v) is 14.2. The van der Waals surface area contributed by atoms with Crippen LogP contribution in [0.15, 0.2) is 34.7 Å². The second-order valence-electron chi connectivity index (χ2n) is 6.04. The lowest BCUT2D eigenvalue weighted by Gasteiger charge is -2.22. The van der Waals surface area contributed by atoms with Gasteiger partial charge in [-0.25, -0.2) is 4.79 Å². The summed E-state index contributed by atoms with van der Waals surface area (Å²) in [6.45, 7) is 1.84. The SMILES string of the molecule is CC(C)[C@@H](CNC(=O)c1cc2ccccc2o1)NC(=O)OCC(F)(F)F. The summed E-state index contributed by atoms with van der Waals surface area (Å²) in [6.07, 6.45) is -5.79. The molecule has 2 N–H and O–H groups in total. The zero-order valence-electron chi connectivity index (χ0n) is 14.2. The molecule has 0 spiro atoms. The average molecular weight is 372 g/mol. The summed E-state index contributed by atoms with van der Waals surface area (Å²) in [7, 11) is 0. The normalized spacial score (nSPS) is 12.8. The Morgan fingerprint density at radius 1 is 1.23 bits per heavy atom. The smallest absolute Gasteiger partial charge is 0.422 e. The number of halogens is 3. The Morgan fingerprint density at radius 3 is 2.54 bits per heavy atom. The number of carbonyl (C=O) groups is 2. The molecule has 0 aliphatic rings. The van der Waals surface area contributed by atoms with Crippen molar-refractivity contribution in [2.45, 2.75) is 26.1 Å². The van der Waals surface area contributed by atoms with Crippen molar-refractivity contribution in [2.24, 2.45) is 5.92 Å². The van der Waals surface area contributed by atoms with Crippen LogP contribution in [-0.4, -0.2) is 37.4 Å². The first-order valence-corrected chi connectivity index (χ1v) is 7.92. The Bertz CT molecular complexity index is 738. The van der Waals surface area contributed by atoms with Crippen LogP contribution in [0.25, 0.3) is 11.0 Å². The van der Waals surface area contributed by atoms with Gasteiger partial charge in [0, 0.05) is 11.9 Å². The van der Waals surface area contributed by atoms with Gasteiger partial charge in [0.15, 0.2) is 12.4 Å². The number of hydrogen-bond donors (Lipinski definition) is 2. The van der Waals surface area contributed by atoms with Crippen molar-refractivity contribution in [3.8, 4) is 0 Å². The standard InChI is InChI=1S/C17H19F3N2O4/c1-10(2)12(22-16(24)25-9-17(18,19)20)8-21-15(23)14-7-11-5-3-4-6-13(11)26-14/h3-7,10,12H,8-9H2,1-2H3,(H,21,23)(H,22,24)/t12-/m1/s1. The molecule has 0 bridgehead atoms. The van der Waals surface area contributed by atoms with E-state index in [4.69, 9.17) is 4.42 Å². The second kappa shape index (κ2) is 8.11. The zero-order chi connectivity index (χ0) is 19.3. The molecule has 0 fully saturated rings. The van der Waals surface area contributed by atoms with Crippen LogP contribution in [0, 0.1) is 5.92 Å². The van der Waals surface area contributed by atoms with E-state index >= 15 is 0 Å². The number of hydrogen-bond acceptors (Lipinski definition) is 4. The minimum absolute atomic E-state index is 0.00859. The van der Waals surface area contributed by atoms with Gasteiger partial charge in [0.25, 0.3) is 5.91 Å². The topological polar surface area (TPSA) is 80.6 Å². The molecule has 1 atom stereocenters. The predicted octanol–water partition coefficient (Wildman–Crippen LogP) is 3.48. The molecule has 0 aliphatic carbocycles. The number of nitrogens with one attached hydrogen (secondary N) is 2. The van der Waals surface area contributed by atoms with Gasteiger partial charge < -0.3 is 19.8 Å². The lowest BCUT2D eigenvalue weighted by atomic mass is 10.0. The summed E-state index contributed by atoms with van der Waals surface area (Å²) >= 11 is 0. The summed E-state index contributed by atoms with van der Waals surface area (Å²) in [6, 6.07) is 8.08. The number of rotatable bonds is 6. The van der Waals surface area contributed by atoms with Crippen LogP contribution in [0.2, 0.25) is 0 Å². The second-order valence-corrected chi connectivity index (χ2v) is 6.04. The minimum Gasteiger partial charge on any atom is -0.451 e. The predicted molar refractivity (Wildman–Crippen MR) is 87.7 cm³/mol. The third-order valence-electron chi connectivity index (χ3n) is 3.61. The van der Waals surface area contributed by atoms with Gasteiger partial charge >= 0.3 is 12.3 Å². The third-order valence-corrected chi connectivity index (χ3v) is 3.61. The monoisotopic (exact) mass is 372 g/mol. The molecular formula is C17H19F3N2O4. The fourth-order valence-corrected chi connectivity index (χ4v) is 2.18. The van der Waals surface area contributed by atoms with Crippen molar-refractivity contribution in [3.63, 3.8) is 0 Å². The van der Waals surface area contributed by atoms with Crippen LogP contribution < -0.4 is 10.6 Å². The Balaban J connectivity index is 1.91. The van der Waals surface area contributed by atoms with Crippen molar-refractivity contribution in [1.82, 2.24) is 10.6 Å². The van der Waals surface area contributed by atoms with Gasteiger partial charge in [0.1, 0.15) is 5.58 Å². The molecule has 2 rings (SSSR count). The van der Waals surface area contributed by atoms with E-state index in [9.17, 15) is 22.8 Å². The highest BCUT2D eigenvalue weighted by atomic mass is 19.4. The molecule has 1 aromatic heterocycles. The Labute approximate surface area is 147 Å². The Hall–Kier alpha value is -2.71. The van der Waals surface area contributed by atoms with Crippen LogP contribution >= 0.6 is 0 Å². The fourth-order valence-electron chi connectivity index (χ4n) is 2.18. The fraction of sp³-hybridized carbons (Fsp3) is 0.412. The van der Waals surface area contributed by atoms with Crippen LogP contribution in [0.4, 0.5) is 18.0 Å². The van der Waals surface area contributed by atoms with Gasteiger partial charge in [0.05, 0.1) is 6.04 Å². The minimum atomic E-state index is -4.60.